The maximum Gasteiger partial charge on any atom is 0.223 e. The maximum absolute atomic E-state index is 12.4. The molecule has 0 aromatic rings. The fraction of sp³-hybridized carbons (Fsp3) is 0.933. The molecule has 0 spiro atoms. The number of amides is 1. The molecular weight excluding hydrogens is 240 g/mol. The van der Waals surface area contributed by atoms with Crippen LogP contribution in [-0.4, -0.2) is 40.6 Å². The number of piperidine rings is 1. The van der Waals surface area contributed by atoms with Crippen LogP contribution in [0.4, 0.5) is 0 Å². The van der Waals surface area contributed by atoms with Crippen molar-refractivity contribution in [2.45, 2.75) is 76.5 Å². The number of rotatable bonds is 6. The monoisotopic (exact) mass is 268 g/mol. The van der Waals surface area contributed by atoms with Gasteiger partial charge >= 0.3 is 0 Å². The summed E-state index contributed by atoms with van der Waals surface area (Å²) < 4.78 is 0. The number of carbonyl (C=O) groups excluding carboxylic acids is 1. The Labute approximate surface area is 116 Å². The molecule has 3 N–H and O–H groups in total. The Kier molecular flexibility index (Phi) is 5.22. The smallest absolute Gasteiger partial charge is 0.223 e. The normalized spacial score (nSPS) is 31.5. The Balaban J connectivity index is 1.83. The second-order valence-corrected chi connectivity index (χ2v) is 6.20. The highest BCUT2D eigenvalue weighted by atomic mass is 16.3. The maximum atomic E-state index is 12.4. The summed E-state index contributed by atoms with van der Waals surface area (Å²) in [5, 5.41) is 9.76. The number of hydrogen-bond acceptors (Lipinski definition) is 3. The zero-order valence-electron chi connectivity index (χ0n) is 12.1. The van der Waals surface area contributed by atoms with E-state index in [1.54, 1.807) is 0 Å². The summed E-state index contributed by atoms with van der Waals surface area (Å²) >= 11 is 0. The second kappa shape index (κ2) is 6.71. The molecule has 0 aliphatic carbocycles. The van der Waals surface area contributed by atoms with Gasteiger partial charge in [0.1, 0.15) is 0 Å². The van der Waals surface area contributed by atoms with Crippen molar-refractivity contribution >= 4 is 5.91 Å². The van der Waals surface area contributed by atoms with Gasteiger partial charge in [-0.2, -0.15) is 0 Å². The summed E-state index contributed by atoms with van der Waals surface area (Å²) in [6, 6.07) is 0.603. The first-order chi connectivity index (χ1) is 9.15. The second-order valence-electron chi connectivity index (χ2n) is 6.20. The summed E-state index contributed by atoms with van der Waals surface area (Å²) in [5.74, 6) is 0.886. The first-order valence-corrected chi connectivity index (χ1v) is 7.85. The van der Waals surface area contributed by atoms with Gasteiger partial charge in [0.05, 0.1) is 6.10 Å². The van der Waals surface area contributed by atoms with Crippen LogP contribution in [0.25, 0.3) is 0 Å². The van der Waals surface area contributed by atoms with Gasteiger partial charge in [-0.15, -0.1) is 0 Å². The van der Waals surface area contributed by atoms with Crippen LogP contribution in [0.1, 0.15) is 58.3 Å². The minimum absolute atomic E-state index is 0.192. The van der Waals surface area contributed by atoms with Crippen LogP contribution >= 0.6 is 0 Å². The van der Waals surface area contributed by atoms with Crippen molar-refractivity contribution in [1.29, 1.82) is 0 Å². The van der Waals surface area contributed by atoms with Gasteiger partial charge in [0.25, 0.3) is 0 Å². The number of nitrogens with two attached hydrogens (primary N) is 1. The summed E-state index contributed by atoms with van der Waals surface area (Å²) in [6.07, 6.45) is 7.27. The molecule has 110 valence electrons. The number of fused-ring (bicyclic) bond motifs is 2. The molecule has 1 amide bonds. The van der Waals surface area contributed by atoms with Gasteiger partial charge in [-0.1, -0.05) is 13.3 Å². The SMILES string of the molecule is CCC(CCN)CCC(=O)N1C2CCC1CC(O)C2. The van der Waals surface area contributed by atoms with Crippen molar-refractivity contribution in [2.75, 3.05) is 6.54 Å². The fourth-order valence-corrected chi connectivity index (χ4v) is 3.80. The molecule has 4 nitrogen and oxygen atoms in total. The van der Waals surface area contributed by atoms with Crippen molar-refractivity contribution < 1.29 is 9.90 Å². The number of aliphatic hydroxyl groups is 1. The standard InChI is InChI=1S/C15H28N2O2/c1-2-11(7-8-16)3-6-15(19)17-12-4-5-13(17)10-14(18)9-12/h11-14,18H,2-10,16H2,1H3. The fourth-order valence-electron chi connectivity index (χ4n) is 3.80. The predicted octanol–water partition coefficient (Wildman–Crippen LogP) is 1.66. The first kappa shape index (κ1) is 14.8. The van der Waals surface area contributed by atoms with E-state index in [1.165, 1.54) is 0 Å². The Morgan fingerprint density at radius 1 is 1.32 bits per heavy atom. The van der Waals surface area contributed by atoms with E-state index >= 15 is 0 Å². The topological polar surface area (TPSA) is 66.6 Å². The van der Waals surface area contributed by atoms with Crippen molar-refractivity contribution in [3.8, 4) is 0 Å². The highest BCUT2D eigenvalue weighted by Gasteiger charge is 2.42. The number of carbonyl (C=O) groups is 1. The molecule has 2 rings (SSSR count). The van der Waals surface area contributed by atoms with Gasteiger partial charge in [0, 0.05) is 18.5 Å². The van der Waals surface area contributed by atoms with Crippen LogP contribution in [0.3, 0.4) is 0 Å². The highest BCUT2D eigenvalue weighted by molar-refractivity contribution is 5.77. The van der Waals surface area contributed by atoms with Crippen molar-refractivity contribution in [1.82, 2.24) is 4.90 Å². The lowest BCUT2D eigenvalue weighted by molar-refractivity contribution is -0.137. The van der Waals surface area contributed by atoms with E-state index in [0.29, 0.717) is 36.9 Å². The Hall–Kier alpha value is -0.610. The molecule has 3 atom stereocenters. The molecule has 3 unspecified atom stereocenters. The van der Waals surface area contributed by atoms with Crippen molar-refractivity contribution in [2.24, 2.45) is 11.7 Å². The van der Waals surface area contributed by atoms with Gasteiger partial charge in [-0.25, -0.2) is 0 Å². The van der Waals surface area contributed by atoms with Crippen LogP contribution in [0.5, 0.6) is 0 Å². The zero-order valence-corrected chi connectivity index (χ0v) is 12.1. The molecule has 0 radical (unpaired) electrons. The molecule has 2 aliphatic heterocycles. The molecular formula is C15H28N2O2. The van der Waals surface area contributed by atoms with Gasteiger partial charge < -0.3 is 15.7 Å². The molecule has 2 saturated heterocycles. The molecule has 2 aliphatic rings. The van der Waals surface area contributed by atoms with E-state index in [9.17, 15) is 9.90 Å². The Bertz CT molecular complexity index is 295. The number of nitrogens with zero attached hydrogens (tertiary/aromatic N) is 1. The summed E-state index contributed by atoms with van der Waals surface area (Å²) in [7, 11) is 0. The van der Waals surface area contributed by atoms with E-state index in [4.69, 9.17) is 5.73 Å². The van der Waals surface area contributed by atoms with Gasteiger partial charge in [0.15, 0.2) is 0 Å². The largest absolute Gasteiger partial charge is 0.393 e. The molecule has 0 aromatic heterocycles. The minimum atomic E-state index is -0.192. The van der Waals surface area contributed by atoms with Crippen LogP contribution in [0, 0.1) is 5.92 Å². The van der Waals surface area contributed by atoms with Crippen molar-refractivity contribution in [3.05, 3.63) is 0 Å². The molecule has 19 heavy (non-hydrogen) atoms. The van der Waals surface area contributed by atoms with Crippen LogP contribution in [0.2, 0.25) is 0 Å². The average Bonchev–Trinajstić information content (AvgIpc) is 2.66. The lowest BCUT2D eigenvalue weighted by atomic mass is 9.95. The van der Waals surface area contributed by atoms with E-state index in [-0.39, 0.29) is 6.10 Å². The van der Waals surface area contributed by atoms with Crippen molar-refractivity contribution in [3.63, 3.8) is 0 Å². The average molecular weight is 268 g/mol. The number of aliphatic hydroxyl groups excluding tert-OH is 1. The van der Waals surface area contributed by atoms with E-state index in [0.717, 1.165) is 44.9 Å². The molecule has 0 aromatic carbocycles. The lowest BCUT2D eigenvalue weighted by Gasteiger charge is -2.37. The van der Waals surface area contributed by atoms with Gasteiger partial charge in [0.2, 0.25) is 5.91 Å². The third-order valence-corrected chi connectivity index (χ3v) is 4.91. The summed E-state index contributed by atoms with van der Waals surface area (Å²) in [6.45, 7) is 2.89. The lowest BCUT2D eigenvalue weighted by Crippen LogP contribution is -2.48. The zero-order chi connectivity index (χ0) is 13.8. The predicted molar refractivity (Wildman–Crippen MR) is 75.6 cm³/mol. The third kappa shape index (κ3) is 3.48. The third-order valence-electron chi connectivity index (χ3n) is 4.91. The van der Waals surface area contributed by atoms with E-state index in [2.05, 4.69) is 11.8 Å². The van der Waals surface area contributed by atoms with Crippen LogP contribution in [0.15, 0.2) is 0 Å². The first-order valence-electron chi connectivity index (χ1n) is 7.85. The van der Waals surface area contributed by atoms with Crippen LogP contribution < -0.4 is 5.73 Å². The quantitative estimate of drug-likeness (QED) is 0.770. The Morgan fingerprint density at radius 2 is 1.95 bits per heavy atom. The number of hydrogen-bond donors (Lipinski definition) is 2. The molecule has 2 bridgehead atoms. The Morgan fingerprint density at radius 3 is 2.47 bits per heavy atom. The van der Waals surface area contributed by atoms with E-state index < -0.39 is 0 Å². The highest BCUT2D eigenvalue weighted by Crippen LogP contribution is 2.36. The molecule has 2 heterocycles. The van der Waals surface area contributed by atoms with Crippen LogP contribution in [-0.2, 0) is 4.79 Å². The summed E-state index contributed by atoms with van der Waals surface area (Å²) in [5.41, 5.74) is 5.60. The minimum Gasteiger partial charge on any atom is -0.393 e. The summed E-state index contributed by atoms with van der Waals surface area (Å²) in [4.78, 5) is 14.5. The van der Waals surface area contributed by atoms with Gasteiger partial charge in [-0.3, -0.25) is 4.79 Å². The van der Waals surface area contributed by atoms with Gasteiger partial charge in [-0.05, 0) is 51.0 Å². The molecule has 2 fully saturated rings. The molecule has 4 heteroatoms. The van der Waals surface area contributed by atoms with E-state index in [1.807, 2.05) is 0 Å². The molecule has 0 saturated carbocycles.